The minimum Gasteiger partial charge on any atom is -0.508 e. The molecule has 1 heterocycles. The number of fused-ring (bicyclic) bond motifs is 5. The van der Waals surface area contributed by atoms with E-state index in [4.69, 9.17) is 0 Å². The molecule has 5 aromatic rings. The van der Waals surface area contributed by atoms with Crippen LogP contribution in [0.5, 0.6) is 11.5 Å². The van der Waals surface area contributed by atoms with E-state index < -0.39 is 58.5 Å². The van der Waals surface area contributed by atoms with E-state index in [0.29, 0.717) is 27.6 Å². The Labute approximate surface area is 309 Å². The smallest absolute Gasteiger partial charge is 0.339 e. The summed E-state index contributed by atoms with van der Waals surface area (Å²) in [5.74, 6) is -7.91. The molecule has 0 aromatic heterocycles. The Morgan fingerprint density at radius 3 is 2.17 bits per heavy atom. The highest BCUT2D eigenvalue weighted by Crippen LogP contribution is 2.65. The van der Waals surface area contributed by atoms with Gasteiger partial charge in [0.15, 0.2) is 11.6 Å². The molecular weight excluding hydrogens is 682 g/mol. The van der Waals surface area contributed by atoms with Gasteiger partial charge in [0, 0.05) is 29.0 Å². The van der Waals surface area contributed by atoms with Crippen molar-refractivity contribution in [2.24, 2.45) is 23.7 Å². The van der Waals surface area contributed by atoms with Crippen LogP contribution in [-0.2, 0) is 24.6 Å². The third-order valence-corrected chi connectivity index (χ3v) is 12.1. The van der Waals surface area contributed by atoms with E-state index in [-0.39, 0.29) is 47.0 Å². The highest BCUT2D eigenvalue weighted by Gasteiger charge is 2.66. The molecule has 2 amide bonds. The van der Waals surface area contributed by atoms with Gasteiger partial charge in [-0.1, -0.05) is 103 Å². The topological polar surface area (TPSA) is 149 Å². The summed E-state index contributed by atoms with van der Waals surface area (Å²) in [7, 11) is 0. The van der Waals surface area contributed by atoms with E-state index in [1.807, 2.05) is 66.7 Å². The first-order valence-electron chi connectivity index (χ1n) is 17.9. The zero-order valence-corrected chi connectivity index (χ0v) is 28.8. The fourth-order valence-electron chi connectivity index (χ4n) is 9.87. The van der Waals surface area contributed by atoms with Gasteiger partial charge in [-0.15, -0.1) is 0 Å². The summed E-state index contributed by atoms with van der Waals surface area (Å²) in [4.78, 5) is 72.0. The first-order chi connectivity index (χ1) is 26.1. The lowest BCUT2D eigenvalue weighted by Gasteiger charge is -2.55. The van der Waals surface area contributed by atoms with Gasteiger partial charge in [-0.3, -0.25) is 19.2 Å². The molecule has 0 radical (unpaired) electrons. The largest absolute Gasteiger partial charge is 0.508 e. The van der Waals surface area contributed by atoms with Crippen LogP contribution in [0.1, 0.15) is 45.8 Å². The third kappa shape index (κ3) is 4.60. The fraction of sp³-hybridized carbons (Fsp3) is 0.178. The molecule has 6 atom stereocenters. The monoisotopic (exact) mass is 715 g/mol. The van der Waals surface area contributed by atoms with Crippen LogP contribution in [0.25, 0.3) is 16.3 Å². The van der Waals surface area contributed by atoms with E-state index in [1.54, 1.807) is 36.4 Å². The molecule has 54 heavy (non-hydrogen) atoms. The molecule has 1 saturated heterocycles. The third-order valence-electron chi connectivity index (χ3n) is 12.1. The molecule has 266 valence electrons. The van der Waals surface area contributed by atoms with Crippen molar-refractivity contribution in [1.82, 2.24) is 0 Å². The molecule has 1 saturated carbocycles. The minimum atomic E-state index is -1.52. The Kier molecular flexibility index (Phi) is 7.53. The zero-order chi connectivity index (χ0) is 37.5. The number of carbonyl (C=O) groups excluding carboxylic acids is 4. The van der Waals surface area contributed by atoms with Gasteiger partial charge < -0.3 is 15.3 Å². The van der Waals surface area contributed by atoms with Crippen LogP contribution in [-0.4, -0.2) is 44.7 Å². The second-order valence-electron chi connectivity index (χ2n) is 14.5. The molecule has 0 spiro atoms. The molecule has 4 aliphatic rings. The number of benzene rings is 5. The van der Waals surface area contributed by atoms with Gasteiger partial charge in [-0.25, -0.2) is 9.69 Å². The van der Waals surface area contributed by atoms with Crippen molar-refractivity contribution in [2.45, 2.75) is 24.2 Å². The second kappa shape index (κ2) is 12.2. The number of aromatic carboxylic acids is 1. The molecule has 3 aliphatic carbocycles. The Balaban J connectivity index is 1.29. The van der Waals surface area contributed by atoms with Crippen molar-refractivity contribution in [3.05, 3.63) is 155 Å². The summed E-state index contributed by atoms with van der Waals surface area (Å²) in [5, 5.41) is 33.4. The maximum Gasteiger partial charge on any atom is 0.339 e. The normalized spacial score (nSPS) is 26.1. The maximum absolute atomic E-state index is 15.3. The fourth-order valence-corrected chi connectivity index (χ4v) is 9.87. The van der Waals surface area contributed by atoms with E-state index in [0.717, 1.165) is 22.4 Å². The van der Waals surface area contributed by atoms with Crippen molar-refractivity contribution >= 4 is 51.4 Å². The number of hydrogen-bond donors (Lipinski definition) is 3. The van der Waals surface area contributed by atoms with Gasteiger partial charge in [0.2, 0.25) is 11.8 Å². The molecule has 3 N–H and O–H groups in total. The number of allylic oxidation sites excluding steroid dienone is 4. The Bertz CT molecular complexity index is 2520. The summed E-state index contributed by atoms with van der Waals surface area (Å²) < 4.78 is 0. The maximum atomic E-state index is 15.3. The lowest BCUT2D eigenvalue weighted by Crippen LogP contribution is -2.58. The summed E-state index contributed by atoms with van der Waals surface area (Å²) in [6, 6.07) is 32.7. The van der Waals surface area contributed by atoms with Crippen LogP contribution in [0, 0.1) is 23.7 Å². The highest BCUT2D eigenvalue weighted by molar-refractivity contribution is 6.32. The summed E-state index contributed by atoms with van der Waals surface area (Å²) in [6.45, 7) is 0. The second-order valence-corrected chi connectivity index (χ2v) is 14.5. The van der Waals surface area contributed by atoms with Crippen molar-refractivity contribution in [3.8, 4) is 11.5 Å². The molecule has 9 rings (SSSR count). The van der Waals surface area contributed by atoms with E-state index in [2.05, 4.69) is 0 Å². The lowest BCUT2D eigenvalue weighted by atomic mass is 9.44. The van der Waals surface area contributed by atoms with Crippen molar-refractivity contribution in [3.63, 3.8) is 0 Å². The van der Waals surface area contributed by atoms with Gasteiger partial charge in [-0.2, -0.15) is 0 Å². The minimum absolute atomic E-state index is 0.0411. The predicted molar refractivity (Wildman–Crippen MR) is 200 cm³/mol. The van der Waals surface area contributed by atoms with Crippen LogP contribution in [0.2, 0.25) is 0 Å². The number of anilines is 1. The van der Waals surface area contributed by atoms with E-state index in [1.165, 1.54) is 12.1 Å². The number of ketones is 2. The Hall–Kier alpha value is -6.61. The van der Waals surface area contributed by atoms with Gasteiger partial charge in [-0.05, 0) is 64.9 Å². The highest BCUT2D eigenvalue weighted by atomic mass is 16.4. The summed E-state index contributed by atoms with van der Waals surface area (Å²) >= 11 is 0. The van der Waals surface area contributed by atoms with Crippen LogP contribution >= 0.6 is 0 Å². The van der Waals surface area contributed by atoms with Crippen LogP contribution < -0.4 is 4.90 Å². The summed E-state index contributed by atoms with van der Waals surface area (Å²) in [5.41, 5.74) is 0.792. The Morgan fingerprint density at radius 1 is 0.741 bits per heavy atom. The van der Waals surface area contributed by atoms with Crippen LogP contribution in [0.15, 0.2) is 133 Å². The average Bonchev–Trinajstić information content (AvgIpc) is 3.44. The first-order valence-corrected chi connectivity index (χ1v) is 17.9. The molecule has 0 unspecified atom stereocenters. The standard InChI is InChI=1S/C45H33NO8/c47-35-20-15-25-11-7-8-14-28(25)39(35)40-29-18-19-31-38(43(52)46(42(31)51)27-16-17-30(44(53)54)36(48)21-27)33(29)22-34-41(50)32(24-9-3-1-4-10-24)23-37(49)45(34,40)26-12-5-2-6-13-26/h1-18,20-21,23,31,33-34,38,40,47-48H,19,22H2,(H,53,54)/t31-,33+,34-,38-,40+,45-/m0/s1. The van der Waals surface area contributed by atoms with Gasteiger partial charge in [0.1, 0.15) is 17.1 Å². The van der Waals surface area contributed by atoms with Crippen molar-refractivity contribution in [1.29, 1.82) is 0 Å². The first kappa shape index (κ1) is 33.2. The molecule has 1 aliphatic heterocycles. The van der Waals surface area contributed by atoms with Crippen molar-refractivity contribution < 1.29 is 39.3 Å². The lowest BCUT2D eigenvalue weighted by molar-refractivity contribution is -0.135. The Morgan fingerprint density at radius 2 is 1.44 bits per heavy atom. The SMILES string of the molecule is O=C(O)c1ccc(N2C(=O)[C@H]3[C@H](CC=C4[C@H]3C[C@H]3C(=O)C(c5ccccc5)=CC(=O)[C@@]3(c3ccccc3)[C@H]4c3c(O)ccc4ccccc34)C2=O)cc1O. The number of amides is 2. The number of rotatable bonds is 5. The van der Waals surface area contributed by atoms with Gasteiger partial charge in [0.05, 0.1) is 22.9 Å². The van der Waals surface area contributed by atoms with Crippen LogP contribution in [0.4, 0.5) is 5.69 Å². The molecular formula is C45H33NO8. The quantitative estimate of drug-likeness (QED) is 0.130. The summed E-state index contributed by atoms with van der Waals surface area (Å²) in [6.07, 6.45) is 3.60. The number of phenols is 2. The molecule has 2 fully saturated rings. The molecule has 0 bridgehead atoms. The number of hydrogen-bond acceptors (Lipinski definition) is 7. The van der Waals surface area contributed by atoms with Crippen molar-refractivity contribution in [2.75, 3.05) is 4.90 Å². The average molecular weight is 716 g/mol. The van der Waals surface area contributed by atoms with Gasteiger partial charge in [0.25, 0.3) is 0 Å². The number of phenolic OH excluding ortho intramolecular Hbond substituents is 1. The number of Topliss-reactive ketones (excluding diaryl/α,β-unsaturated/α-hetero) is 1. The number of imide groups is 1. The number of nitrogens with zero attached hydrogens (tertiary/aromatic N) is 1. The number of carboxylic acids is 1. The zero-order valence-electron chi connectivity index (χ0n) is 28.8. The molecule has 9 nitrogen and oxygen atoms in total. The predicted octanol–water partition coefficient (Wildman–Crippen LogP) is 6.98. The number of carbonyl (C=O) groups is 5. The number of aromatic hydroxyl groups is 2. The van der Waals surface area contributed by atoms with Gasteiger partial charge >= 0.3 is 5.97 Å². The van der Waals surface area contributed by atoms with E-state index >= 15 is 9.59 Å². The molecule has 9 heteroatoms. The molecule has 5 aromatic carbocycles. The number of carboxylic acid groups (broad SMARTS) is 1. The van der Waals surface area contributed by atoms with Crippen LogP contribution in [0.3, 0.4) is 0 Å². The van der Waals surface area contributed by atoms with E-state index in [9.17, 15) is 29.7 Å².